The van der Waals surface area contributed by atoms with Crippen LogP contribution in [0, 0.1) is 5.92 Å². The zero-order valence-corrected chi connectivity index (χ0v) is 15.8. The van der Waals surface area contributed by atoms with E-state index in [9.17, 15) is 23.1 Å². The van der Waals surface area contributed by atoms with E-state index in [-0.39, 0.29) is 18.0 Å². The number of aromatic nitrogens is 1. The van der Waals surface area contributed by atoms with Crippen molar-refractivity contribution in [3.63, 3.8) is 0 Å². The number of benzene rings is 2. The summed E-state index contributed by atoms with van der Waals surface area (Å²) in [6, 6.07) is 14.6. The second kappa shape index (κ2) is 7.95. The zero-order chi connectivity index (χ0) is 21.3. The first-order valence-corrected chi connectivity index (χ1v) is 9.46. The molecule has 0 saturated carbocycles. The number of halogens is 3. The Bertz CT molecular complexity index is 1070. The van der Waals surface area contributed by atoms with Gasteiger partial charge in [0.05, 0.1) is 11.6 Å². The fourth-order valence-corrected chi connectivity index (χ4v) is 3.84. The highest BCUT2D eigenvalue weighted by molar-refractivity contribution is 5.94. The van der Waals surface area contributed by atoms with Crippen LogP contribution in [0.3, 0.4) is 0 Å². The molecule has 2 atom stereocenters. The second-order valence-electron chi connectivity index (χ2n) is 7.30. The molecule has 0 radical (unpaired) electrons. The molecule has 156 valence electrons. The number of fused-ring (bicyclic) bond motifs is 1. The highest BCUT2D eigenvalue weighted by Gasteiger charge is 2.35. The van der Waals surface area contributed by atoms with Crippen molar-refractivity contribution in [3.8, 4) is 5.75 Å². The van der Waals surface area contributed by atoms with E-state index in [0.717, 1.165) is 28.6 Å². The third kappa shape index (κ3) is 4.38. The number of carbonyl (C=O) groups excluding carboxylic acids is 1. The van der Waals surface area contributed by atoms with E-state index in [0.29, 0.717) is 13.0 Å². The minimum Gasteiger partial charge on any atom is -0.406 e. The average molecular weight is 416 g/mol. The summed E-state index contributed by atoms with van der Waals surface area (Å²) >= 11 is 0. The molecule has 0 bridgehead atoms. The molecule has 1 N–H and O–H groups in total. The molecule has 1 aliphatic rings. The molecule has 0 unspecified atom stereocenters. The topological polar surface area (TPSA) is 62.7 Å². The molecule has 1 amide bonds. The van der Waals surface area contributed by atoms with Gasteiger partial charge in [-0.25, -0.2) is 0 Å². The Morgan fingerprint density at radius 1 is 1.13 bits per heavy atom. The first-order chi connectivity index (χ1) is 14.3. The van der Waals surface area contributed by atoms with Crippen LogP contribution in [-0.4, -0.2) is 46.5 Å². The zero-order valence-electron chi connectivity index (χ0n) is 15.8. The van der Waals surface area contributed by atoms with Crippen molar-refractivity contribution in [1.82, 2.24) is 9.88 Å². The fraction of sp³-hybridized carbons (Fsp3) is 0.273. The fourth-order valence-electron chi connectivity index (χ4n) is 3.84. The highest BCUT2D eigenvalue weighted by Crippen LogP contribution is 2.28. The summed E-state index contributed by atoms with van der Waals surface area (Å²) in [5.41, 5.74) is 1.97. The number of ether oxygens (including phenoxy) is 1. The van der Waals surface area contributed by atoms with Gasteiger partial charge >= 0.3 is 6.36 Å². The van der Waals surface area contributed by atoms with Crippen LogP contribution in [0.5, 0.6) is 5.75 Å². The van der Waals surface area contributed by atoms with Gasteiger partial charge in [0.2, 0.25) is 0 Å². The van der Waals surface area contributed by atoms with E-state index >= 15 is 0 Å². The number of alkyl halides is 3. The summed E-state index contributed by atoms with van der Waals surface area (Å²) in [5, 5.41) is 11.5. The van der Waals surface area contributed by atoms with E-state index in [1.165, 1.54) is 17.0 Å². The summed E-state index contributed by atoms with van der Waals surface area (Å²) in [5.74, 6) is -1.08. The number of para-hydroxylation sites is 1. The monoisotopic (exact) mass is 416 g/mol. The van der Waals surface area contributed by atoms with Crippen LogP contribution in [0.2, 0.25) is 0 Å². The Balaban J connectivity index is 1.49. The van der Waals surface area contributed by atoms with Gasteiger partial charge in [0.1, 0.15) is 5.75 Å². The smallest absolute Gasteiger partial charge is 0.406 e. The van der Waals surface area contributed by atoms with Gasteiger partial charge in [-0.1, -0.05) is 24.3 Å². The van der Waals surface area contributed by atoms with Gasteiger partial charge in [-0.2, -0.15) is 0 Å². The number of amides is 1. The van der Waals surface area contributed by atoms with E-state index in [1.54, 1.807) is 6.20 Å². The van der Waals surface area contributed by atoms with Crippen LogP contribution in [0.1, 0.15) is 15.9 Å². The molecule has 8 heteroatoms. The molecule has 1 aliphatic heterocycles. The Kier molecular flexibility index (Phi) is 5.34. The maximum absolute atomic E-state index is 12.8. The number of carbonyl (C=O) groups is 1. The van der Waals surface area contributed by atoms with Crippen LogP contribution in [0.4, 0.5) is 13.2 Å². The minimum atomic E-state index is -4.83. The number of β-amino-alcohol motifs (C(OH)–C–C–N with tert-alkyl or cyclic N) is 1. The average Bonchev–Trinajstić information content (AvgIpc) is 3.07. The number of rotatable bonds is 4. The first-order valence-electron chi connectivity index (χ1n) is 9.46. The van der Waals surface area contributed by atoms with Crippen LogP contribution in [-0.2, 0) is 6.42 Å². The molecule has 1 fully saturated rings. The number of likely N-dealkylation sites (tertiary alicyclic amines) is 1. The lowest BCUT2D eigenvalue weighted by Gasteiger charge is -2.17. The lowest BCUT2D eigenvalue weighted by molar-refractivity contribution is -0.274. The molecule has 2 aromatic carbocycles. The molecule has 1 aromatic heterocycles. The molecule has 30 heavy (non-hydrogen) atoms. The lowest BCUT2D eigenvalue weighted by Crippen LogP contribution is -2.29. The van der Waals surface area contributed by atoms with Crippen LogP contribution >= 0.6 is 0 Å². The second-order valence-corrected chi connectivity index (χ2v) is 7.30. The highest BCUT2D eigenvalue weighted by atomic mass is 19.4. The molecule has 0 aliphatic carbocycles. The van der Waals surface area contributed by atoms with Gasteiger partial charge < -0.3 is 14.7 Å². The number of nitrogens with zero attached hydrogens (tertiary/aromatic N) is 2. The van der Waals surface area contributed by atoms with Crippen molar-refractivity contribution < 1.29 is 27.8 Å². The number of hydrogen-bond donors (Lipinski definition) is 1. The largest absolute Gasteiger partial charge is 0.573 e. The van der Waals surface area contributed by atoms with Crippen molar-refractivity contribution in [1.29, 1.82) is 0 Å². The van der Waals surface area contributed by atoms with Crippen LogP contribution in [0.25, 0.3) is 10.9 Å². The van der Waals surface area contributed by atoms with E-state index in [4.69, 9.17) is 0 Å². The molecule has 3 aromatic rings. The molecule has 1 saturated heterocycles. The Hall–Kier alpha value is -3.13. The normalized spacial score (nSPS) is 19.3. The Morgan fingerprint density at radius 2 is 1.93 bits per heavy atom. The van der Waals surface area contributed by atoms with E-state index < -0.39 is 24.1 Å². The summed E-state index contributed by atoms with van der Waals surface area (Å²) < 4.78 is 41.2. The van der Waals surface area contributed by atoms with Crippen LogP contribution in [0.15, 0.2) is 60.8 Å². The van der Waals surface area contributed by atoms with Gasteiger partial charge in [0.15, 0.2) is 0 Å². The summed E-state index contributed by atoms with van der Waals surface area (Å²) in [6.45, 7) is 0.428. The molecule has 5 nitrogen and oxygen atoms in total. The number of hydrogen-bond acceptors (Lipinski definition) is 4. The first kappa shape index (κ1) is 20.2. The quantitative estimate of drug-likeness (QED) is 0.703. The van der Waals surface area contributed by atoms with Gasteiger partial charge in [-0.05, 0) is 42.3 Å². The number of pyridine rings is 1. The molecular weight excluding hydrogens is 397 g/mol. The van der Waals surface area contributed by atoms with Gasteiger partial charge in [0.25, 0.3) is 5.91 Å². The lowest BCUT2D eigenvalue weighted by atomic mass is 9.94. The van der Waals surface area contributed by atoms with Gasteiger partial charge in [-0.3, -0.25) is 9.78 Å². The third-order valence-corrected chi connectivity index (χ3v) is 5.23. The van der Waals surface area contributed by atoms with E-state index in [2.05, 4.69) is 9.72 Å². The van der Waals surface area contributed by atoms with E-state index in [1.807, 2.05) is 30.3 Å². The van der Waals surface area contributed by atoms with Gasteiger partial charge in [-0.15, -0.1) is 13.2 Å². The maximum Gasteiger partial charge on any atom is 0.573 e. The number of aliphatic hydroxyl groups excluding tert-OH is 1. The van der Waals surface area contributed by atoms with Crippen molar-refractivity contribution >= 4 is 16.8 Å². The molecule has 0 spiro atoms. The molecule has 4 rings (SSSR count). The van der Waals surface area contributed by atoms with Crippen molar-refractivity contribution in [2.45, 2.75) is 18.9 Å². The van der Waals surface area contributed by atoms with Crippen molar-refractivity contribution in [2.24, 2.45) is 5.92 Å². The summed E-state index contributed by atoms with van der Waals surface area (Å²) in [4.78, 5) is 18.6. The predicted molar refractivity (Wildman–Crippen MR) is 104 cm³/mol. The van der Waals surface area contributed by atoms with Gasteiger partial charge in [0, 0.05) is 36.2 Å². The number of aliphatic hydroxyl groups is 1. The summed E-state index contributed by atoms with van der Waals surface area (Å²) in [7, 11) is 0. The Morgan fingerprint density at radius 3 is 2.73 bits per heavy atom. The van der Waals surface area contributed by atoms with Crippen molar-refractivity contribution in [3.05, 3.63) is 71.9 Å². The minimum absolute atomic E-state index is 0.0824. The maximum atomic E-state index is 12.8. The molecule has 2 heterocycles. The Labute approximate surface area is 170 Å². The summed E-state index contributed by atoms with van der Waals surface area (Å²) in [6.07, 6.45) is -3.28. The molecular formula is C22H19F3N2O3. The standard InChI is InChI=1S/C22H19F3N2O3/c23-22(24,25)30-17-5-3-4-15(11-17)21(29)27-12-16(20(28)13-27)10-14-8-9-26-19-7-2-1-6-18(14)19/h1-9,11,16,20,28H,10,12-13H2/t16-,20+/m1/s1. The van der Waals surface area contributed by atoms with Crippen molar-refractivity contribution in [2.75, 3.05) is 13.1 Å². The SMILES string of the molecule is O=C(c1cccc(OC(F)(F)F)c1)N1C[C@@H](Cc2ccnc3ccccc23)[C@@H](O)C1. The third-order valence-electron chi connectivity index (χ3n) is 5.23. The van der Waals surface area contributed by atoms with Crippen LogP contribution < -0.4 is 4.74 Å². The predicted octanol–water partition coefficient (Wildman–Crippen LogP) is 3.81.